The highest BCUT2D eigenvalue weighted by Gasteiger charge is 2.10. The molecule has 0 aliphatic rings. The standard InChI is InChI=1S/C12H19BrN2O/c1-10(2)15(6-7-16-3)12-5-4-11(8-13)9-14-12/h4-5,9-10H,6-8H2,1-3H3. The van der Waals surface area contributed by atoms with Gasteiger partial charge in [-0.3, -0.25) is 0 Å². The van der Waals surface area contributed by atoms with Crippen LogP contribution >= 0.6 is 15.9 Å². The van der Waals surface area contributed by atoms with Gasteiger partial charge in [-0.15, -0.1) is 0 Å². The highest BCUT2D eigenvalue weighted by molar-refractivity contribution is 9.08. The molecular weight excluding hydrogens is 268 g/mol. The van der Waals surface area contributed by atoms with Crippen LogP contribution in [0.3, 0.4) is 0 Å². The van der Waals surface area contributed by atoms with E-state index in [9.17, 15) is 0 Å². The minimum Gasteiger partial charge on any atom is -0.383 e. The van der Waals surface area contributed by atoms with Gasteiger partial charge in [-0.2, -0.15) is 0 Å². The fraction of sp³-hybridized carbons (Fsp3) is 0.583. The Bertz CT molecular complexity index is 300. The molecule has 4 heteroatoms. The molecule has 1 heterocycles. The van der Waals surface area contributed by atoms with Crippen molar-refractivity contribution in [1.29, 1.82) is 0 Å². The Morgan fingerprint density at radius 2 is 2.19 bits per heavy atom. The second-order valence-electron chi connectivity index (χ2n) is 3.94. The summed E-state index contributed by atoms with van der Waals surface area (Å²) in [5, 5.41) is 0.847. The number of hydrogen-bond acceptors (Lipinski definition) is 3. The molecule has 1 rings (SSSR count). The van der Waals surface area contributed by atoms with Crippen molar-refractivity contribution in [3.63, 3.8) is 0 Å². The van der Waals surface area contributed by atoms with Crippen LogP contribution in [0.25, 0.3) is 0 Å². The fourth-order valence-electron chi connectivity index (χ4n) is 1.49. The maximum atomic E-state index is 5.11. The average Bonchev–Trinajstić information content (AvgIpc) is 2.30. The van der Waals surface area contributed by atoms with Gasteiger partial charge >= 0.3 is 0 Å². The van der Waals surface area contributed by atoms with Gasteiger partial charge in [0.25, 0.3) is 0 Å². The normalized spacial score (nSPS) is 10.8. The van der Waals surface area contributed by atoms with E-state index in [1.807, 2.05) is 6.20 Å². The van der Waals surface area contributed by atoms with Gasteiger partial charge in [0.15, 0.2) is 0 Å². The van der Waals surface area contributed by atoms with Crippen LogP contribution in [0.5, 0.6) is 0 Å². The number of nitrogens with zero attached hydrogens (tertiary/aromatic N) is 2. The summed E-state index contributed by atoms with van der Waals surface area (Å²) in [6.07, 6.45) is 1.91. The van der Waals surface area contributed by atoms with E-state index in [4.69, 9.17) is 4.74 Å². The van der Waals surface area contributed by atoms with E-state index in [-0.39, 0.29) is 0 Å². The minimum atomic E-state index is 0.428. The molecule has 0 saturated carbocycles. The summed E-state index contributed by atoms with van der Waals surface area (Å²) in [7, 11) is 1.72. The number of aromatic nitrogens is 1. The highest BCUT2D eigenvalue weighted by Crippen LogP contribution is 2.15. The Morgan fingerprint density at radius 1 is 1.44 bits per heavy atom. The lowest BCUT2D eigenvalue weighted by Gasteiger charge is -2.27. The van der Waals surface area contributed by atoms with Crippen LogP contribution in [0.4, 0.5) is 5.82 Å². The third-order valence-electron chi connectivity index (χ3n) is 2.42. The van der Waals surface area contributed by atoms with Crippen LogP contribution < -0.4 is 4.90 Å². The third kappa shape index (κ3) is 3.76. The number of halogens is 1. The molecule has 90 valence electrons. The van der Waals surface area contributed by atoms with E-state index < -0.39 is 0 Å². The lowest BCUT2D eigenvalue weighted by atomic mass is 10.2. The lowest BCUT2D eigenvalue weighted by molar-refractivity contribution is 0.203. The number of methoxy groups -OCH3 is 1. The van der Waals surface area contributed by atoms with Gasteiger partial charge in [0, 0.05) is 31.2 Å². The topological polar surface area (TPSA) is 25.4 Å². The van der Waals surface area contributed by atoms with Crippen molar-refractivity contribution in [2.75, 3.05) is 25.2 Å². The van der Waals surface area contributed by atoms with E-state index >= 15 is 0 Å². The number of pyridine rings is 1. The molecule has 0 saturated heterocycles. The van der Waals surface area contributed by atoms with E-state index in [2.05, 4.69) is 51.8 Å². The molecule has 0 aliphatic carbocycles. The van der Waals surface area contributed by atoms with Crippen LogP contribution in [0.2, 0.25) is 0 Å². The quantitative estimate of drug-likeness (QED) is 0.752. The number of anilines is 1. The molecule has 3 nitrogen and oxygen atoms in total. The van der Waals surface area contributed by atoms with Crippen molar-refractivity contribution < 1.29 is 4.74 Å². The second-order valence-corrected chi connectivity index (χ2v) is 4.50. The summed E-state index contributed by atoms with van der Waals surface area (Å²) in [4.78, 5) is 6.70. The fourth-order valence-corrected chi connectivity index (χ4v) is 1.82. The van der Waals surface area contributed by atoms with Crippen molar-refractivity contribution in [2.45, 2.75) is 25.2 Å². The summed E-state index contributed by atoms with van der Waals surface area (Å²) >= 11 is 3.42. The molecule has 0 amide bonds. The Morgan fingerprint density at radius 3 is 2.62 bits per heavy atom. The Hall–Kier alpha value is -0.610. The Kier molecular flexibility index (Phi) is 5.77. The van der Waals surface area contributed by atoms with Crippen molar-refractivity contribution in [2.24, 2.45) is 0 Å². The van der Waals surface area contributed by atoms with E-state index in [0.717, 1.165) is 24.3 Å². The monoisotopic (exact) mass is 286 g/mol. The Labute approximate surface area is 106 Å². The van der Waals surface area contributed by atoms with E-state index in [1.54, 1.807) is 7.11 Å². The molecule has 16 heavy (non-hydrogen) atoms. The first-order valence-electron chi connectivity index (χ1n) is 5.45. The van der Waals surface area contributed by atoms with E-state index in [0.29, 0.717) is 6.04 Å². The molecule has 0 aromatic carbocycles. The highest BCUT2D eigenvalue weighted by atomic mass is 79.9. The summed E-state index contributed by atoms with van der Waals surface area (Å²) in [6, 6.07) is 4.59. The largest absolute Gasteiger partial charge is 0.383 e. The number of alkyl halides is 1. The molecule has 0 atom stereocenters. The van der Waals surface area contributed by atoms with Gasteiger partial charge in [0.2, 0.25) is 0 Å². The van der Waals surface area contributed by atoms with Crippen molar-refractivity contribution in [1.82, 2.24) is 4.98 Å². The van der Waals surface area contributed by atoms with Gasteiger partial charge in [0.05, 0.1) is 6.61 Å². The number of ether oxygens (including phenoxy) is 1. The van der Waals surface area contributed by atoms with Crippen molar-refractivity contribution in [3.8, 4) is 0 Å². The van der Waals surface area contributed by atoms with Crippen LogP contribution in [-0.2, 0) is 10.1 Å². The maximum Gasteiger partial charge on any atom is 0.128 e. The third-order valence-corrected chi connectivity index (χ3v) is 3.06. The predicted molar refractivity (Wildman–Crippen MR) is 71.2 cm³/mol. The van der Waals surface area contributed by atoms with Crippen molar-refractivity contribution in [3.05, 3.63) is 23.9 Å². The SMILES string of the molecule is COCCN(c1ccc(CBr)cn1)C(C)C. The molecule has 1 aromatic heterocycles. The van der Waals surface area contributed by atoms with Gasteiger partial charge in [0.1, 0.15) is 5.82 Å². The van der Waals surface area contributed by atoms with Gasteiger partial charge in [-0.1, -0.05) is 22.0 Å². The summed E-state index contributed by atoms with van der Waals surface area (Å²) in [5.74, 6) is 1.01. The van der Waals surface area contributed by atoms with Crippen molar-refractivity contribution >= 4 is 21.7 Å². The summed E-state index contributed by atoms with van der Waals surface area (Å²) < 4.78 is 5.11. The molecule has 0 bridgehead atoms. The second kappa shape index (κ2) is 6.86. The first-order chi connectivity index (χ1) is 7.69. The maximum absolute atomic E-state index is 5.11. The minimum absolute atomic E-state index is 0.428. The molecule has 1 aromatic rings. The predicted octanol–water partition coefficient (Wildman–Crippen LogP) is 2.84. The molecule has 0 aliphatic heterocycles. The lowest BCUT2D eigenvalue weighted by Crippen LogP contribution is -2.34. The van der Waals surface area contributed by atoms with Gasteiger partial charge in [-0.25, -0.2) is 4.98 Å². The zero-order valence-electron chi connectivity index (χ0n) is 10.1. The van der Waals surface area contributed by atoms with Crippen LogP contribution in [0.1, 0.15) is 19.4 Å². The van der Waals surface area contributed by atoms with E-state index in [1.165, 1.54) is 5.56 Å². The molecule has 0 spiro atoms. The Balaban J connectivity index is 2.75. The molecule has 0 radical (unpaired) electrons. The summed E-state index contributed by atoms with van der Waals surface area (Å²) in [5.41, 5.74) is 1.19. The van der Waals surface area contributed by atoms with Crippen LogP contribution in [0, 0.1) is 0 Å². The van der Waals surface area contributed by atoms with Gasteiger partial charge < -0.3 is 9.64 Å². The van der Waals surface area contributed by atoms with Crippen LogP contribution in [-0.4, -0.2) is 31.3 Å². The first kappa shape index (κ1) is 13.5. The molecular formula is C12H19BrN2O. The van der Waals surface area contributed by atoms with Crippen LogP contribution in [0.15, 0.2) is 18.3 Å². The smallest absolute Gasteiger partial charge is 0.128 e. The zero-order valence-corrected chi connectivity index (χ0v) is 11.7. The first-order valence-corrected chi connectivity index (χ1v) is 6.57. The number of hydrogen-bond donors (Lipinski definition) is 0. The number of rotatable bonds is 6. The van der Waals surface area contributed by atoms with Gasteiger partial charge in [-0.05, 0) is 25.5 Å². The molecule has 0 N–H and O–H groups in total. The average molecular weight is 287 g/mol. The zero-order chi connectivity index (χ0) is 12.0. The summed E-state index contributed by atoms with van der Waals surface area (Å²) in [6.45, 7) is 5.92. The molecule has 0 unspecified atom stereocenters. The molecule has 0 fully saturated rings.